The molecule has 6 rings (SSSR count). The van der Waals surface area contributed by atoms with Crippen LogP contribution in [0, 0.1) is 23.2 Å². The van der Waals surface area contributed by atoms with Crippen molar-refractivity contribution in [3.63, 3.8) is 0 Å². The van der Waals surface area contributed by atoms with Gasteiger partial charge in [-0.05, 0) is 99.7 Å². The number of ether oxygens (including phenoxy) is 1. The lowest BCUT2D eigenvalue weighted by molar-refractivity contribution is -0.124. The third-order valence-electron chi connectivity index (χ3n) is 7.91. The molecule has 7 heteroatoms. The topological polar surface area (TPSA) is 75.7 Å². The smallest absolute Gasteiger partial charge is 0.246 e. The average molecular weight is 447 g/mol. The Hall–Kier alpha value is -1.60. The molecular weight excluding hydrogens is 412 g/mol. The summed E-state index contributed by atoms with van der Waals surface area (Å²) in [6.45, 7) is 3.31. The van der Waals surface area contributed by atoms with E-state index >= 15 is 0 Å². The van der Waals surface area contributed by atoms with Gasteiger partial charge in [0.05, 0.1) is 6.61 Å². The summed E-state index contributed by atoms with van der Waals surface area (Å²) < 4.78 is 33.5. The molecule has 1 heterocycles. The molecule has 4 saturated carbocycles. The predicted octanol–water partition coefficient (Wildman–Crippen LogP) is 4.41. The zero-order valence-electron chi connectivity index (χ0n) is 18.4. The molecule has 0 unspecified atom stereocenters. The molecule has 0 atom stereocenters. The van der Waals surface area contributed by atoms with E-state index in [9.17, 15) is 13.2 Å². The second-order valence-corrected chi connectivity index (χ2v) is 12.3. The highest BCUT2D eigenvalue weighted by atomic mass is 32.2. The number of hydrogen-bond acceptors (Lipinski definition) is 4. The lowest BCUT2D eigenvalue weighted by Gasteiger charge is -2.56. The minimum atomic E-state index is -3.64. The molecule has 0 spiro atoms. The first-order valence-corrected chi connectivity index (χ1v) is 13.4. The van der Waals surface area contributed by atoms with E-state index in [1.165, 1.54) is 42.8 Å². The Morgan fingerprint density at radius 3 is 2.29 bits per heavy atom. The molecule has 0 radical (unpaired) electrons. The van der Waals surface area contributed by atoms with Gasteiger partial charge in [0.2, 0.25) is 15.9 Å². The third-order valence-corrected chi connectivity index (χ3v) is 9.83. The van der Waals surface area contributed by atoms with Crippen LogP contribution in [0.25, 0.3) is 0 Å². The standard InChI is InChI=1S/C24H34N2O4S/c1-2-30-21-6-5-20(12-22(21)31(28,29)26-7-3-4-8-26)25-23(27)16-24-13-17-9-18(14-24)11-19(10-17)15-24/h5-6,12,17-19H,2-4,7-11,13-16H2,1H3,(H,25,27). The van der Waals surface area contributed by atoms with Gasteiger partial charge in [0.1, 0.15) is 10.6 Å². The highest BCUT2D eigenvalue weighted by Gasteiger charge is 2.51. The van der Waals surface area contributed by atoms with Gasteiger partial charge in [-0.3, -0.25) is 4.79 Å². The molecular formula is C24H34N2O4S. The molecule has 5 fully saturated rings. The van der Waals surface area contributed by atoms with Crippen LogP contribution in [0.5, 0.6) is 5.75 Å². The molecule has 4 bridgehead atoms. The van der Waals surface area contributed by atoms with Gasteiger partial charge in [-0.15, -0.1) is 0 Å². The van der Waals surface area contributed by atoms with Gasteiger partial charge < -0.3 is 10.1 Å². The third kappa shape index (κ3) is 4.11. The van der Waals surface area contributed by atoms with Gasteiger partial charge in [0.15, 0.2) is 0 Å². The lowest BCUT2D eigenvalue weighted by atomic mass is 9.49. The molecule has 0 aromatic heterocycles. The molecule has 1 N–H and O–H groups in total. The molecule has 1 aromatic carbocycles. The Kier molecular flexibility index (Phi) is 5.53. The Labute approximate surface area is 185 Å². The number of hydrogen-bond donors (Lipinski definition) is 1. The second kappa shape index (κ2) is 8.07. The fraction of sp³-hybridized carbons (Fsp3) is 0.708. The van der Waals surface area contributed by atoms with Gasteiger partial charge in [0.25, 0.3) is 0 Å². The van der Waals surface area contributed by atoms with Crippen molar-refractivity contribution in [3.8, 4) is 5.75 Å². The molecule has 31 heavy (non-hydrogen) atoms. The molecule has 4 aliphatic carbocycles. The predicted molar refractivity (Wildman–Crippen MR) is 119 cm³/mol. The van der Waals surface area contributed by atoms with E-state index in [1.54, 1.807) is 18.2 Å². The van der Waals surface area contributed by atoms with Crippen LogP contribution in [0.3, 0.4) is 0 Å². The quantitative estimate of drug-likeness (QED) is 0.673. The Morgan fingerprint density at radius 2 is 1.71 bits per heavy atom. The summed E-state index contributed by atoms with van der Waals surface area (Å²) in [5, 5.41) is 3.01. The molecule has 1 saturated heterocycles. The van der Waals surface area contributed by atoms with Crippen LogP contribution < -0.4 is 10.1 Å². The zero-order chi connectivity index (χ0) is 21.6. The van der Waals surface area contributed by atoms with Crippen molar-refractivity contribution in [2.75, 3.05) is 25.0 Å². The van der Waals surface area contributed by atoms with Crippen molar-refractivity contribution >= 4 is 21.6 Å². The average Bonchev–Trinajstić information content (AvgIpc) is 3.23. The highest BCUT2D eigenvalue weighted by Crippen LogP contribution is 2.61. The van der Waals surface area contributed by atoms with E-state index in [2.05, 4.69) is 5.32 Å². The van der Waals surface area contributed by atoms with Crippen LogP contribution in [0.15, 0.2) is 23.1 Å². The van der Waals surface area contributed by atoms with Crippen LogP contribution in [0.4, 0.5) is 5.69 Å². The summed E-state index contributed by atoms with van der Waals surface area (Å²) in [5.41, 5.74) is 0.699. The number of carbonyl (C=O) groups excluding carboxylic acids is 1. The van der Waals surface area contributed by atoms with E-state index in [1.807, 2.05) is 6.92 Å². The number of nitrogens with zero attached hydrogens (tertiary/aromatic N) is 1. The molecule has 170 valence electrons. The van der Waals surface area contributed by atoms with Crippen molar-refractivity contribution in [2.45, 2.75) is 69.6 Å². The minimum Gasteiger partial charge on any atom is -0.492 e. The van der Waals surface area contributed by atoms with Crippen LogP contribution >= 0.6 is 0 Å². The summed E-state index contributed by atoms with van der Waals surface area (Å²) in [7, 11) is -3.64. The van der Waals surface area contributed by atoms with Gasteiger partial charge >= 0.3 is 0 Å². The van der Waals surface area contributed by atoms with Gasteiger partial charge in [-0.2, -0.15) is 4.31 Å². The van der Waals surface area contributed by atoms with Crippen LogP contribution in [0.2, 0.25) is 0 Å². The largest absolute Gasteiger partial charge is 0.492 e. The first-order chi connectivity index (χ1) is 14.9. The fourth-order valence-corrected chi connectivity index (χ4v) is 8.86. The van der Waals surface area contributed by atoms with Gasteiger partial charge in [-0.25, -0.2) is 8.42 Å². The maximum atomic E-state index is 13.2. The molecule has 5 aliphatic rings. The summed E-state index contributed by atoms with van der Waals surface area (Å²) in [6.07, 6.45) is 9.94. The lowest BCUT2D eigenvalue weighted by Crippen LogP contribution is -2.47. The van der Waals surface area contributed by atoms with Crippen molar-refractivity contribution in [1.29, 1.82) is 0 Å². The number of carbonyl (C=O) groups is 1. The van der Waals surface area contributed by atoms with Gasteiger partial charge in [0, 0.05) is 25.2 Å². The van der Waals surface area contributed by atoms with Crippen molar-refractivity contribution < 1.29 is 17.9 Å². The fourth-order valence-electron chi connectivity index (χ4n) is 7.18. The van der Waals surface area contributed by atoms with E-state index in [4.69, 9.17) is 4.74 Å². The summed E-state index contributed by atoms with van der Waals surface area (Å²) in [4.78, 5) is 13.2. The summed E-state index contributed by atoms with van der Waals surface area (Å²) in [5.74, 6) is 2.79. The van der Waals surface area contributed by atoms with Crippen molar-refractivity contribution in [3.05, 3.63) is 18.2 Å². The maximum Gasteiger partial charge on any atom is 0.246 e. The number of anilines is 1. The minimum absolute atomic E-state index is 0.00984. The molecule has 1 amide bonds. The molecule has 6 nitrogen and oxygen atoms in total. The van der Waals surface area contributed by atoms with Crippen LogP contribution in [0.1, 0.15) is 64.7 Å². The van der Waals surface area contributed by atoms with E-state index in [0.29, 0.717) is 37.6 Å². The maximum absolute atomic E-state index is 13.2. The highest BCUT2D eigenvalue weighted by molar-refractivity contribution is 7.89. The monoisotopic (exact) mass is 446 g/mol. The Balaban J connectivity index is 1.34. The van der Waals surface area contributed by atoms with E-state index in [-0.39, 0.29) is 16.2 Å². The van der Waals surface area contributed by atoms with Crippen LogP contribution in [-0.2, 0) is 14.8 Å². The first-order valence-electron chi connectivity index (χ1n) is 11.9. The number of nitrogens with one attached hydrogen (secondary N) is 1. The SMILES string of the molecule is CCOc1ccc(NC(=O)CC23CC4CC(CC(C4)C2)C3)cc1S(=O)(=O)N1CCCC1. The number of sulfonamides is 1. The van der Waals surface area contributed by atoms with Crippen LogP contribution in [-0.4, -0.2) is 38.3 Å². The second-order valence-electron chi connectivity index (χ2n) is 10.3. The summed E-state index contributed by atoms with van der Waals surface area (Å²) >= 11 is 0. The van der Waals surface area contributed by atoms with E-state index in [0.717, 1.165) is 30.6 Å². The number of amides is 1. The Morgan fingerprint density at radius 1 is 1.10 bits per heavy atom. The normalized spacial score (nSPS) is 32.4. The molecule has 1 aliphatic heterocycles. The van der Waals surface area contributed by atoms with Crippen molar-refractivity contribution in [1.82, 2.24) is 4.31 Å². The van der Waals surface area contributed by atoms with E-state index < -0.39 is 10.0 Å². The number of benzene rings is 1. The first kappa shape index (κ1) is 21.3. The number of rotatable bonds is 7. The van der Waals surface area contributed by atoms with Crippen molar-refractivity contribution in [2.24, 2.45) is 23.2 Å². The Bertz CT molecular complexity index is 917. The zero-order valence-corrected chi connectivity index (χ0v) is 19.3. The van der Waals surface area contributed by atoms with Gasteiger partial charge in [-0.1, -0.05) is 0 Å². The summed E-state index contributed by atoms with van der Waals surface area (Å²) in [6, 6.07) is 5.01. The molecule has 1 aromatic rings.